The highest BCUT2D eigenvalue weighted by molar-refractivity contribution is 6.14. The fourth-order valence-corrected chi connectivity index (χ4v) is 3.28. The van der Waals surface area contributed by atoms with E-state index in [9.17, 15) is 4.79 Å². The number of fused-ring (bicyclic) bond motifs is 1. The molecule has 138 valence electrons. The second-order valence-electron chi connectivity index (χ2n) is 6.59. The van der Waals surface area contributed by atoms with Crippen LogP contribution in [0.3, 0.4) is 0 Å². The predicted octanol–water partition coefficient (Wildman–Crippen LogP) is 4.71. The van der Waals surface area contributed by atoms with Gasteiger partial charge in [0.1, 0.15) is 5.69 Å². The zero-order chi connectivity index (χ0) is 19.6. The van der Waals surface area contributed by atoms with Crippen molar-refractivity contribution in [2.45, 2.75) is 0 Å². The van der Waals surface area contributed by atoms with Gasteiger partial charge in [0.2, 0.25) is 5.78 Å². The molecule has 0 spiro atoms. The molecule has 0 bridgehead atoms. The minimum absolute atomic E-state index is 0.150. The average molecular weight is 376 g/mol. The van der Waals surface area contributed by atoms with E-state index in [1.165, 1.54) is 0 Å². The van der Waals surface area contributed by atoms with Crippen LogP contribution in [0, 0.1) is 0 Å². The van der Waals surface area contributed by atoms with Gasteiger partial charge in [-0.15, -0.1) is 0 Å². The van der Waals surface area contributed by atoms with Gasteiger partial charge in [-0.1, -0.05) is 78.9 Å². The molecule has 29 heavy (non-hydrogen) atoms. The summed E-state index contributed by atoms with van der Waals surface area (Å²) >= 11 is 0. The highest BCUT2D eigenvalue weighted by atomic mass is 16.1. The lowest BCUT2D eigenvalue weighted by Crippen LogP contribution is -2.08. The molecule has 3 aromatic carbocycles. The molecule has 2 heterocycles. The first-order valence-corrected chi connectivity index (χ1v) is 9.27. The van der Waals surface area contributed by atoms with Gasteiger partial charge in [-0.05, 0) is 12.1 Å². The maximum atomic E-state index is 13.3. The van der Waals surface area contributed by atoms with E-state index in [1.807, 2.05) is 78.9 Å². The molecule has 0 saturated heterocycles. The Kier molecular flexibility index (Phi) is 4.18. The topological polar surface area (TPSA) is 60.7 Å². The van der Waals surface area contributed by atoms with Gasteiger partial charge in [-0.3, -0.25) is 4.79 Å². The third kappa shape index (κ3) is 3.08. The number of aromatic nitrogens is 4. The second-order valence-corrected chi connectivity index (χ2v) is 6.59. The normalized spacial score (nSPS) is 10.9. The molecule has 0 amide bonds. The number of carbonyl (C=O) groups excluding carboxylic acids is 1. The summed E-state index contributed by atoms with van der Waals surface area (Å²) in [6.45, 7) is 0. The smallest absolute Gasteiger partial charge is 0.212 e. The largest absolute Gasteiger partial charge is 0.287 e. The minimum atomic E-state index is -0.150. The third-order valence-corrected chi connectivity index (χ3v) is 4.71. The average Bonchev–Trinajstić information content (AvgIpc) is 3.24. The molecule has 0 fully saturated rings. The molecule has 0 aliphatic heterocycles. The number of hydrogen-bond donors (Lipinski definition) is 0. The van der Waals surface area contributed by atoms with Gasteiger partial charge in [0.05, 0.1) is 17.3 Å². The van der Waals surface area contributed by atoms with E-state index in [0.717, 1.165) is 11.3 Å². The molecule has 2 aromatic heterocycles. The third-order valence-electron chi connectivity index (χ3n) is 4.71. The van der Waals surface area contributed by atoms with E-state index in [-0.39, 0.29) is 5.78 Å². The first kappa shape index (κ1) is 17.0. The van der Waals surface area contributed by atoms with Crippen LogP contribution in [0.15, 0.2) is 97.2 Å². The lowest BCUT2D eigenvalue weighted by molar-refractivity contribution is 0.103. The lowest BCUT2D eigenvalue weighted by Gasteiger charge is -2.08. The van der Waals surface area contributed by atoms with Crippen LogP contribution < -0.4 is 0 Å². The quantitative estimate of drug-likeness (QED) is 0.426. The Morgan fingerprint density at radius 2 is 1.34 bits per heavy atom. The molecule has 0 saturated carbocycles. The molecule has 5 rings (SSSR count). The van der Waals surface area contributed by atoms with E-state index in [4.69, 9.17) is 4.98 Å². The van der Waals surface area contributed by atoms with Crippen molar-refractivity contribution in [1.82, 2.24) is 19.7 Å². The van der Waals surface area contributed by atoms with Crippen LogP contribution in [-0.2, 0) is 0 Å². The van der Waals surface area contributed by atoms with Gasteiger partial charge >= 0.3 is 0 Å². The van der Waals surface area contributed by atoms with Crippen molar-refractivity contribution in [2.75, 3.05) is 0 Å². The molecule has 0 radical (unpaired) electrons. The molecular weight excluding hydrogens is 360 g/mol. The molecule has 5 aromatic rings. The number of rotatable bonds is 4. The van der Waals surface area contributed by atoms with Gasteiger partial charge in [-0.25, -0.2) is 14.6 Å². The SMILES string of the molecule is O=C(c1ccccc1)c1nc(-c2ccccc2)nc2c1cnn2-c1ccccc1. The number of ketones is 1. The maximum Gasteiger partial charge on any atom is 0.212 e. The Balaban J connectivity index is 1.78. The fourth-order valence-electron chi connectivity index (χ4n) is 3.28. The van der Waals surface area contributed by atoms with Crippen molar-refractivity contribution >= 4 is 16.8 Å². The van der Waals surface area contributed by atoms with Crippen molar-refractivity contribution in [3.05, 3.63) is 108 Å². The van der Waals surface area contributed by atoms with E-state index < -0.39 is 0 Å². The number of benzene rings is 3. The standard InChI is InChI=1S/C24H16N4O/c29-22(17-10-4-1-5-11-17)21-20-16-25-28(19-14-8-3-9-15-19)24(20)27-23(26-21)18-12-6-2-7-13-18/h1-16H. The predicted molar refractivity (Wildman–Crippen MR) is 112 cm³/mol. The highest BCUT2D eigenvalue weighted by Crippen LogP contribution is 2.25. The molecule has 0 N–H and O–H groups in total. The van der Waals surface area contributed by atoms with Crippen LogP contribution in [0.1, 0.15) is 16.1 Å². The Morgan fingerprint density at radius 1 is 0.724 bits per heavy atom. The molecule has 0 aliphatic rings. The monoisotopic (exact) mass is 376 g/mol. The van der Waals surface area contributed by atoms with Crippen LogP contribution in [0.4, 0.5) is 0 Å². The highest BCUT2D eigenvalue weighted by Gasteiger charge is 2.20. The molecule has 0 unspecified atom stereocenters. The lowest BCUT2D eigenvalue weighted by atomic mass is 10.1. The van der Waals surface area contributed by atoms with Crippen molar-refractivity contribution in [2.24, 2.45) is 0 Å². The van der Waals surface area contributed by atoms with E-state index in [0.29, 0.717) is 28.1 Å². The van der Waals surface area contributed by atoms with Gasteiger partial charge < -0.3 is 0 Å². The number of para-hydroxylation sites is 1. The summed E-state index contributed by atoms with van der Waals surface area (Å²) in [4.78, 5) is 22.7. The fraction of sp³-hybridized carbons (Fsp3) is 0. The molecule has 0 atom stereocenters. The maximum absolute atomic E-state index is 13.3. The van der Waals surface area contributed by atoms with Gasteiger partial charge in [0.25, 0.3) is 0 Å². The molecule has 5 heteroatoms. The van der Waals surface area contributed by atoms with Gasteiger partial charge in [0.15, 0.2) is 11.5 Å². The first-order chi connectivity index (χ1) is 14.3. The van der Waals surface area contributed by atoms with Crippen molar-refractivity contribution in [3.63, 3.8) is 0 Å². The van der Waals surface area contributed by atoms with Crippen LogP contribution in [0.5, 0.6) is 0 Å². The van der Waals surface area contributed by atoms with Crippen molar-refractivity contribution < 1.29 is 4.79 Å². The summed E-state index contributed by atoms with van der Waals surface area (Å²) in [5.74, 6) is 0.345. The first-order valence-electron chi connectivity index (χ1n) is 9.27. The van der Waals surface area contributed by atoms with E-state index >= 15 is 0 Å². The summed E-state index contributed by atoms with van der Waals surface area (Å²) in [6, 6.07) is 28.6. The summed E-state index contributed by atoms with van der Waals surface area (Å²) in [6.07, 6.45) is 1.66. The Bertz CT molecular complexity index is 1300. The van der Waals surface area contributed by atoms with Crippen molar-refractivity contribution in [1.29, 1.82) is 0 Å². The summed E-state index contributed by atoms with van der Waals surface area (Å²) in [5, 5.41) is 5.13. The summed E-state index contributed by atoms with van der Waals surface area (Å²) in [7, 11) is 0. The van der Waals surface area contributed by atoms with Crippen LogP contribution in [0.2, 0.25) is 0 Å². The number of carbonyl (C=O) groups is 1. The number of hydrogen-bond acceptors (Lipinski definition) is 4. The Labute approximate surface area is 167 Å². The van der Waals surface area contributed by atoms with E-state index in [2.05, 4.69) is 10.1 Å². The van der Waals surface area contributed by atoms with Gasteiger partial charge in [-0.2, -0.15) is 5.10 Å². The number of nitrogens with zero attached hydrogens (tertiary/aromatic N) is 4. The minimum Gasteiger partial charge on any atom is -0.287 e. The van der Waals surface area contributed by atoms with E-state index in [1.54, 1.807) is 23.0 Å². The Morgan fingerprint density at radius 3 is 2.03 bits per heavy atom. The molecule has 0 aliphatic carbocycles. The molecular formula is C24H16N4O. The summed E-state index contributed by atoms with van der Waals surface area (Å²) in [5.41, 5.74) is 3.25. The van der Waals surface area contributed by atoms with Crippen LogP contribution in [-0.4, -0.2) is 25.5 Å². The van der Waals surface area contributed by atoms with Crippen LogP contribution >= 0.6 is 0 Å². The van der Waals surface area contributed by atoms with Crippen molar-refractivity contribution in [3.8, 4) is 17.1 Å². The van der Waals surface area contributed by atoms with Crippen LogP contribution in [0.25, 0.3) is 28.1 Å². The second kappa shape index (κ2) is 7.13. The molecule has 5 nitrogen and oxygen atoms in total. The Hall–Kier alpha value is -4.12. The van der Waals surface area contributed by atoms with Gasteiger partial charge in [0, 0.05) is 11.1 Å². The summed E-state index contributed by atoms with van der Waals surface area (Å²) < 4.78 is 1.74. The zero-order valence-corrected chi connectivity index (χ0v) is 15.4. The zero-order valence-electron chi connectivity index (χ0n) is 15.4.